The van der Waals surface area contributed by atoms with Crippen LogP contribution in [0.2, 0.25) is 0 Å². The van der Waals surface area contributed by atoms with Crippen LogP contribution in [-0.2, 0) is 16.8 Å². The largest absolute Gasteiger partial charge is 0.296 e. The van der Waals surface area contributed by atoms with Gasteiger partial charge in [0.25, 0.3) is 10.2 Å². The van der Waals surface area contributed by atoms with E-state index in [2.05, 4.69) is 9.88 Å². The van der Waals surface area contributed by atoms with Crippen molar-refractivity contribution in [2.45, 2.75) is 38.3 Å². The minimum Gasteiger partial charge on any atom is -0.296 e. The molecule has 24 heavy (non-hydrogen) atoms. The molecule has 4 aliphatic rings. The molecule has 0 amide bonds. The van der Waals surface area contributed by atoms with Gasteiger partial charge in [0.15, 0.2) is 0 Å². The van der Waals surface area contributed by atoms with Crippen LogP contribution in [0.4, 0.5) is 0 Å². The van der Waals surface area contributed by atoms with Crippen LogP contribution in [0, 0.1) is 5.92 Å². The van der Waals surface area contributed by atoms with Gasteiger partial charge < -0.3 is 0 Å². The van der Waals surface area contributed by atoms with E-state index >= 15 is 0 Å². The van der Waals surface area contributed by atoms with E-state index in [0.29, 0.717) is 25.6 Å². The molecule has 6 nitrogen and oxygen atoms in total. The Bertz CT molecular complexity index is 660. The Balaban J connectivity index is 1.50. The van der Waals surface area contributed by atoms with E-state index in [1.54, 1.807) is 4.31 Å². The highest BCUT2D eigenvalue weighted by Gasteiger charge is 2.43. The molecule has 0 N–H and O–H groups in total. The molecule has 4 saturated heterocycles. The minimum atomic E-state index is -3.29. The summed E-state index contributed by atoms with van der Waals surface area (Å²) in [5.74, 6) is 0.435. The molecule has 0 unspecified atom stereocenters. The van der Waals surface area contributed by atoms with E-state index < -0.39 is 10.2 Å². The molecule has 5 rings (SSSR count). The Labute approximate surface area is 144 Å². The summed E-state index contributed by atoms with van der Waals surface area (Å²) in [6, 6.07) is 6.10. The van der Waals surface area contributed by atoms with E-state index in [9.17, 15) is 8.42 Å². The number of hydrogen-bond donors (Lipinski definition) is 0. The van der Waals surface area contributed by atoms with Crippen LogP contribution in [-0.4, -0.2) is 65.7 Å². The fourth-order valence-corrected chi connectivity index (χ4v) is 6.30. The third-order valence-electron chi connectivity index (χ3n) is 5.54. The molecule has 0 radical (unpaired) electrons. The average molecular weight is 350 g/mol. The molecule has 4 aliphatic heterocycles. The molecule has 5 heterocycles. The fraction of sp³-hybridized carbons (Fsp3) is 0.706. The number of pyridine rings is 1. The fourth-order valence-electron chi connectivity index (χ4n) is 4.34. The van der Waals surface area contributed by atoms with Crippen molar-refractivity contribution >= 4 is 10.2 Å². The van der Waals surface area contributed by atoms with Gasteiger partial charge in [0.05, 0.1) is 5.69 Å². The molecule has 1 aromatic heterocycles. The monoisotopic (exact) mass is 350 g/mol. The van der Waals surface area contributed by atoms with Crippen molar-refractivity contribution in [3.05, 3.63) is 30.1 Å². The van der Waals surface area contributed by atoms with Crippen molar-refractivity contribution < 1.29 is 8.42 Å². The van der Waals surface area contributed by atoms with Gasteiger partial charge in [0.2, 0.25) is 0 Å². The molecule has 132 valence electrons. The van der Waals surface area contributed by atoms with Crippen LogP contribution in [0.25, 0.3) is 0 Å². The molecule has 1 aromatic rings. The van der Waals surface area contributed by atoms with E-state index in [1.807, 2.05) is 28.7 Å². The van der Waals surface area contributed by atoms with E-state index in [-0.39, 0.29) is 6.04 Å². The number of aromatic nitrogens is 1. The van der Waals surface area contributed by atoms with Gasteiger partial charge >= 0.3 is 0 Å². The molecule has 0 aromatic carbocycles. The van der Waals surface area contributed by atoms with Crippen LogP contribution < -0.4 is 0 Å². The maximum absolute atomic E-state index is 13.0. The predicted octanol–water partition coefficient (Wildman–Crippen LogP) is 1.32. The molecular weight excluding hydrogens is 324 g/mol. The van der Waals surface area contributed by atoms with Crippen molar-refractivity contribution in [1.29, 1.82) is 0 Å². The van der Waals surface area contributed by atoms with Gasteiger partial charge in [-0.25, -0.2) is 0 Å². The van der Waals surface area contributed by atoms with E-state index in [1.165, 1.54) is 0 Å². The van der Waals surface area contributed by atoms with Gasteiger partial charge in [-0.1, -0.05) is 6.07 Å². The average Bonchev–Trinajstić information content (AvgIpc) is 3.00. The highest BCUT2D eigenvalue weighted by molar-refractivity contribution is 7.86. The van der Waals surface area contributed by atoms with Crippen LogP contribution in [0.1, 0.15) is 31.4 Å². The lowest BCUT2D eigenvalue weighted by atomic mass is 9.97. The normalized spacial score (nSPS) is 29.8. The summed E-state index contributed by atoms with van der Waals surface area (Å²) in [5, 5.41) is 0. The van der Waals surface area contributed by atoms with Crippen LogP contribution in [0.3, 0.4) is 0 Å². The van der Waals surface area contributed by atoms with Gasteiger partial charge in [-0.15, -0.1) is 0 Å². The summed E-state index contributed by atoms with van der Waals surface area (Å²) < 4.78 is 29.5. The smallest absolute Gasteiger partial charge is 0.282 e. The highest BCUT2D eigenvalue weighted by Crippen LogP contribution is 2.32. The molecule has 2 atom stereocenters. The lowest BCUT2D eigenvalue weighted by Crippen LogP contribution is -2.52. The molecule has 0 aliphatic carbocycles. The first-order valence-corrected chi connectivity index (χ1v) is 10.4. The first-order chi connectivity index (χ1) is 11.6. The van der Waals surface area contributed by atoms with Gasteiger partial charge in [-0.2, -0.15) is 17.0 Å². The first-order valence-electron chi connectivity index (χ1n) is 9.02. The summed E-state index contributed by atoms with van der Waals surface area (Å²) in [4.78, 5) is 6.82. The second-order valence-corrected chi connectivity index (χ2v) is 9.18. The number of piperidine rings is 1. The van der Waals surface area contributed by atoms with Crippen molar-refractivity contribution in [1.82, 2.24) is 18.5 Å². The van der Waals surface area contributed by atoms with Crippen LogP contribution in [0.15, 0.2) is 24.4 Å². The Kier molecular flexibility index (Phi) is 4.60. The second kappa shape index (κ2) is 6.71. The van der Waals surface area contributed by atoms with E-state index in [4.69, 9.17) is 0 Å². The Hall–Kier alpha value is -1.02. The molecular formula is C17H26N4O2S. The molecule has 7 heteroatoms. The second-order valence-electron chi connectivity index (χ2n) is 7.30. The summed E-state index contributed by atoms with van der Waals surface area (Å²) >= 11 is 0. The lowest BCUT2D eigenvalue weighted by molar-refractivity contribution is 0.213. The van der Waals surface area contributed by atoms with Crippen molar-refractivity contribution in [2.75, 3.05) is 32.7 Å². The SMILES string of the molecule is O=S(=O)(N1CCCC1)N1C[C@@H]2CC[C@H]1CN(Cc1ccccn1)C2. The zero-order valence-electron chi connectivity index (χ0n) is 14.0. The Morgan fingerprint density at radius 3 is 2.67 bits per heavy atom. The standard InChI is InChI=1S/C17H26N4O2S/c22-24(23,20-9-3-4-10-20)21-12-15-6-7-17(21)14-19(11-15)13-16-5-1-2-8-18-16/h1-2,5,8,15,17H,3-4,6-7,9-14H2/t15-,17+/m1/s1. The van der Waals surface area contributed by atoms with Gasteiger partial charge in [-0.3, -0.25) is 9.88 Å². The summed E-state index contributed by atoms with van der Waals surface area (Å²) in [5.41, 5.74) is 1.06. The summed E-state index contributed by atoms with van der Waals surface area (Å²) in [6.07, 6.45) is 5.93. The predicted molar refractivity (Wildman–Crippen MR) is 92.5 cm³/mol. The maximum atomic E-state index is 13.0. The van der Waals surface area contributed by atoms with Gasteiger partial charge in [0.1, 0.15) is 0 Å². The zero-order chi connectivity index (χ0) is 16.6. The lowest BCUT2D eigenvalue weighted by Gasteiger charge is -2.37. The van der Waals surface area contributed by atoms with Crippen molar-refractivity contribution in [2.24, 2.45) is 5.92 Å². The Morgan fingerprint density at radius 1 is 1.08 bits per heavy atom. The third-order valence-corrected chi connectivity index (χ3v) is 7.60. The topological polar surface area (TPSA) is 56.8 Å². The highest BCUT2D eigenvalue weighted by atomic mass is 32.2. The summed E-state index contributed by atoms with van der Waals surface area (Å²) in [6.45, 7) is 4.66. The number of rotatable bonds is 4. The van der Waals surface area contributed by atoms with Crippen molar-refractivity contribution in [3.63, 3.8) is 0 Å². The molecule has 2 bridgehead atoms. The quantitative estimate of drug-likeness (QED) is 0.822. The van der Waals surface area contributed by atoms with Crippen molar-refractivity contribution in [3.8, 4) is 0 Å². The van der Waals surface area contributed by atoms with Crippen LogP contribution >= 0.6 is 0 Å². The number of fused-ring (bicyclic) bond motifs is 4. The number of nitrogens with zero attached hydrogens (tertiary/aromatic N) is 4. The third kappa shape index (κ3) is 3.22. The minimum absolute atomic E-state index is 0.109. The molecule has 4 fully saturated rings. The zero-order valence-corrected chi connectivity index (χ0v) is 14.9. The Morgan fingerprint density at radius 2 is 1.92 bits per heavy atom. The maximum Gasteiger partial charge on any atom is 0.282 e. The molecule has 0 saturated carbocycles. The van der Waals surface area contributed by atoms with Gasteiger partial charge in [-0.05, 0) is 43.7 Å². The first kappa shape index (κ1) is 16.4. The molecule has 0 spiro atoms. The summed E-state index contributed by atoms with van der Waals surface area (Å²) in [7, 11) is -3.29. The van der Waals surface area contributed by atoms with E-state index in [0.717, 1.165) is 51.0 Å². The number of hydrogen-bond acceptors (Lipinski definition) is 4. The van der Waals surface area contributed by atoms with Gasteiger partial charge in [0, 0.05) is 51.5 Å². The van der Waals surface area contributed by atoms with Crippen LogP contribution in [0.5, 0.6) is 0 Å².